The van der Waals surface area contributed by atoms with E-state index in [0.29, 0.717) is 5.02 Å². The Morgan fingerprint density at radius 1 is 1.16 bits per heavy atom. The van der Waals surface area contributed by atoms with E-state index < -0.39 is 27.6 Å². The van der Waals surface area contributed by atoms with E-state index >= 15 is 0 Å². The van der Waals surface area contributed by atoms with Crippen LogP contribution in [0, 0.1) is 0 Å². The Labute approximate surface area is 117 Å². The van der Waals surface area contributed by atoms with Crippen molar-refractivity contribution in [1.29, 1.82) is 0 Å². The predicted octanol–water partition coefficient (Wildman–Crippen LogP) is 4.15. The molecule has 0 saturated carbocycles. The van der Waals surface area contributed by atoms with Crippen LogP contribution in [0.1, 0.15) is 26.3 Å². The largest absolute Gasteiger partial charge is 0.434 e. The van der Waals surface area contributed by atoms with Gasteiger partial charge in [-0.1, -0.05) is 23.7 Å². The van der Waals surface area contributed by atoms with Crippen LogP contribution in [-0.2, 0) is 11.0 Å². The first-order valence-corrected chi connectivity index (χ1v) is 6.84. The van der Waals surface area contributed by atoms with Gasteiger partial charge in [0.1, 0.15) is 11.0 Å². The molecule has 0 saturated heterocycles. The van der Waals surface area contributed by atoms with Crippen molar-refractivity contribution in [3.63, 3.8) is 0 Å². The third-order valence-electron chi connectivity index (χ3n) is 2.08. The normalized spacial score (nSPS) is 15.4. The first kappa shape index (κ1) is 16.2. The maximum atomic E-state index is 13.0. The summed E-state index contributed by atoms with van der Waals surface area (Å²) in [5, 5.41) is 0.321. The van der Waals surface area contributed by atoms with Crippen LogP contribution in [0.5, 0.6) is 0 Å². The fraction of sp³-hybridized carbons (Fsp3) is 0.417. The molecule has 0 unspecified atom stereocenters. The molecule has 0 bridgehead atoms. The average Bonchev–Trinajstić information content (AvgIpc) is 2.24. The van der Waals surface area contributed by atoms with Crippen molar-refractivity contribution in [2.75, 3.05) is 0 Å². The number of benzene rings is 1. The van der Waals surface area contributed by atoms with E-state index in [1.165, 1.54) is 24.3 Å². The smallest absolute Gasteiger partial charge is 0.234 e. The van der Waals surface area contributed by atoms with Crippen LogP contribution in [-0.4, -0.2) is 20.8 Å². The summed E-state index contributed by atoms with van der Waals surface area (Å²) in [6.45, 7) is 4.67. The standard InChI is InChI=1S/C12H13ClF3NOS/c1-11(2,3)19(18)17-10(12(14,15)16)8-4-6-9(13)7-5-8/h4-7H,1-3H3/t19-/m1/s1. The second-order valence-corrected chi connectivity index (χ2v) is 7.15. The van der Waals surface area contributed by atoms with E-state index in [4.69, 9.17) is 11.6 Å². The summed E-state index contributed by atoms with van der Waals surface area (Å²) in [6.07, 6.45) is -4.67. The van der Waals surface area contributed by atoms with Gasteiger partial charge in [-0.25, -0.2) is 4.21 Å². The van der Waals surface area contributed by atoms with Crippen molar-refractivity contribution in [1.82, 2.24) is 0 Å². The Morgan fingerprint density at radius 2 is 1.63 bits per heavy atom. The zero-order chi connectivity index (χ0) is 14.8. The number of rotatable bonds is 2. The van der Waals surface area contributed by atoms with Gasteiger partial charge in [-0.05, 0) is 32.9 Å². The third-order valence-corrected chi connectivity index (χ3v) is 3.73. The van der Waals surface area contributed by atoms with E-state index in [1.807, 2.05) is 0 Å². The maximum Gasteiger partial charge on any atom is 0.434 e. The molecule has 2 nitrogen and oxygen atoms in total. The summed E-state index contributed by atoms with van der Waals surface area (Å²) >= 11 is 5.63. The highest BCUT2D eigenvalue weighted by Crippen LogP contribution is 2.25. The van der Waals surface area contributed by atoms with Crippen molar-refractivity contribution >= 4 is 28.3 Å². The molecule has 1 rings (SSSR count). The van der Waals surface area contributed by atoms with Crippen molar-refractivity contribution in [3.05, 3.63) is 34.9 Å². The monoisotopic (exact) mass is 311 g/mol. The molecule has 106 valence electrons. The van der Waals surface area contributed by atoms with Crippen LogP contribution < -0.4 is 0 Å². The summed E-state index contributed by atoms with van der Waals surface area (Å²) in [5.41, 5.74) is -1.31. The third kappa shape index (κ3) is 4.62. The minimum absolute atomic E-state index is 0.158. The summed E-state index contributed by atoms with van der Waals surface area (Å²) in [7, 11) is -1.98. The van der Waals surface area contributed by atoms with E-state index in [0.717, 1.165) is 0 Å². The molecule has 0 spiro atoms. The fourth-order valence-electron chi connectivity index (χ4n) is 1.10. The molecule has 0 N–H and O–H groups in total. The number of hydrogen-bond acceptors (Lipinski definition) is 1. The first-order valence-electron chi connectivity index (χ1n) is 5.35. The van der Waals surface area contributed by atoms with Crippen LogP contribution in [0.2, 0.25) is 5.02 Å². The zero-order valence-corrected chi connectivity index (χ0v) is 12.2. The van der Waals surface area contributed by atoms with Gasteiger partial charge in [0.15, 0.2) is 5.71 Å². The molecule has 19 heavy (non-hydrogen) atoms. The van der Waals surface area contributed by atoms with Gasteiger partial charge < -0.3 is 0 Å². The lowest BCUT2D eigenvalue weighted by Crippen LogP contribution is -2.28. The number of halogens is 4. The lowest BCUT2D eigenvalue weighted by molar-refractivity contribution is -0.0578. The molecule has 0 radical (unpaired) electrons. The molecule has 0 aromatic heterocycles. The van der Waals surface area contributed by atoms with Gasteiger partial charge in [-0.2, -0.15) is 17.6 Å². The predicted molar refractivity (Wildman–Crippen MR) is 71.9 cm³/mol. The van der Waals surface area contributed by atoms with Gasteiger partial charge in [-0.15, -0.1) is 0 Å². The van der Waals surface area contributed by atoms with Crippen LogP contribution in [0.25, 0.3) is 0 Å². The summed E-state index contributed by atoms with van der Waals surface area (Å²) < 4.78 is 53.1. The van der Waals surface area contributed by atoms with Crippen molar-refractivity contribution in [2.24, 2.45) is 4.40 Å². The molecular formula is C12H13ClF3NOS. The van der Waals surface area contributed by atoms with Crippen LogP contribution >= 0.6 is 11.6 Å². The molecular weight excluding hydrogens is 299 g/mol. The van der Waals surface area contributed by atoms with Gasteiger partial charge in [-0.3, -0.25) is 0 Å². The molecule has 0 heterocycles. The van der Waals surface area contributed by atoms with Gasteiger partial charge in [0, 0.05) is 10.6 Å². The number of nitrogens with zero attached hydrogens (tertiary/aromatic N) is 1. The van der Waals surface area contributed by atoms with E-state index in [9.17, 15) is 17.4 Å². The molecule has 1 aromatic carbocycles. The van der Waals surface area contributed by atoms with E-state index in [1.54, 1.807) is 20.8 Å². The lowest BCUT2D eigenvalue weighted by Gasteiger charge is -2.16. The quantitative estimate of drug-likeness (QED) is 0.754. The summed E-state index contributed by atoms with van der Waals surface area (Å²) in [6, 6.07) is 5.07. The second kappa shape index (κ2) is 5.63. The Morgan fingerprint density at radius 3 is 2.00 bits per heavy atom. The molecule has 0 aliphatic rings. The second-order valence-electron chi connectivity index (χ2n) is 4.81. The highest BCUT2D eigenvalue weighted by atomic mass is 35.5. The molecule has 0 aliphatic heterocycles. The molecule has 0 amide bonds. The minimum atomic E-state index is -4.67. The maximum absolute atomic E-state index is 13.0. The Hall–Kier alpha value is -0.880. The van der Waals surface area contributed by atoms with E-state index in [-0.39, 0.29) is 5.56 Å². The molecule has 0 aliphatic carbocycles. The topological polar surface area (TPSA) is 29.4 Å². The SMILES string of the molecule is CC(C)(C)[S@@](=O)N=C(c1ccc(Cl)cc1)C(F)(F)F. The zero-order valence-electron chi connectivity index (χ0n) is 10.6. The van der Waals surface area contributed by atoms with Gasteiger partial charge in [0.05, 0.1) is 4.75 Å². The first-order chi connectivity index (χ1) is 8.51. The van der Waals surface area contributed by atoms with Crippen molar-refractivity contribution in [2.45, 2.75) is 31.7 Å². The van der Waals surface area contributed by atoms with E-state index in [2.05, 4.69) is 4.40 Å². The fourth-order valence-corrected chi connectivity index (χ4v) is 1.87. The van der Waals surface area contributed by atoms with Gasteiger partial charge in [0.25, 0.3) is 0 Å². The molecule has 7 heteroatoms. The van der Waals surface area contributed by atoms with Gasteiger partial charge >= 0.3 is 6.18 Å². The Balaban J connectivity index is 3.28. The highest BCUT2D eigenvalue weighted by molar-refractivity contribution is 7.85. The summed E-state index contributed by atoms with van der Waals surface area (Å²) in [5.74, 6) is 0. The van der Waals surface area contributed by atoms with Crippen LogP contribution in [0.3, 0.4) is 0 Å². The average molecular weight is 312 g/mol. The Kier molecular flexibility index (Phi) is 4.79. The molecule has 0 fully saturated rings. The Bertz CT molecular complexity index is 503. The van der Waals surface area contributed by atoms with Crippen molar-refractivity contribution < 1.29 is 17.4 Å². The lowest BCUT2D eigenvalue weighted by atomic mass is 10.1. The van der Waals surface area contributed by atoms with Crippen LogP contribution in [0.15, 0.2) is 28.7 Å². The van der Waals surface area contributed by atoms with Crippen LogP contribution in [0.4, 0.5) is 13.2 Å². The minimum Gasteiger partial charge on any atom is -0.234 e. The summed E-state index contributed by atoms with van der Waals surface area (Å²) in [4.78, 5) is 0. The highest BCUT2D eigenvalue weighted by Gasteiger charge is 2.38. The van der Waals surface area contributed by atoms with Gasteiger partial charge in [0.2, 0.25) is 0 Å². The molecule has 1 aromatic rings. The molecule has 1 atom stereocenters. The number of alkyl halides is 3. The van der Waals surface area contributed by atoms with Crippen molar-refractivity contribution in [3.8, 4) is 0 Å². The number of hydrogen-bond donors (Lipinski definition) is 0.